The maximum atomic E-state index is 13.5. The first-order valence-corrected chi connectivity index (χ1v) is 10.6. The van der Waals surface area contributed by atoms with E-state index in [4.69, 9.17) is 4.74 Å². The van der Waals surface area contributed by atoms with Crippen LogP contribution in [0.2, 0.25) is 0 Å². The topological polar surface area (TPSA) is 58.6 Å². The van der Waals surface area contributed by atoms with Crippen molar-refractivity contribution in [1.82, 2.24) is 0 Å². The number of ether oxygens (including phenoxy) is 1. The van der Waals surface area contributed by atoms with Crippen LogP contribution in [0.4, 0.5) is 11.4 Å². The van der Waals surface area contributed by atoms with E-state index >= 15 is 0 Å². The lowest BCUT2D eigenvalue weighted by Crippen LogP contribution is -2.33. The van der Waals surface area contributed by atoms with E-state index in [0.29, 0.717) is 22.5 Å². The van der Waals surface area contributed by atoms with Crippen LogP contribution in [0.25, 0.3) is 5.57 Å². The number of anilines is 2. The van der Waals surface area contributed by atoms with Crippen LogP contribution in [0.5, 0.6) is 5.75 Å². The summed E-state index contributed by atoms with van der Waals surface area (Å²) >= 11 is 0. The number of hydrogen-bond acceptors (Lipinski definition) is 4. The fraction of sp³-hybridized carbons (Fsp3) is 0.185. The first-order chi connectivity index (χ1) is 15.3. The molecule has 4 rings (SSSR count). The molecular weight excluding hydrogens is 400 g/mol. The molecule has 0 saturated heterocycles. The largest absolute Gasteiger partial charge is 0.491 e. The number of amides is 2. The molecular formula is C27H26N2O3. The lowest BCUT2D eigenvalue weighted by Gasteiger charge is -2.17. The number of benzene rings is 3. The Morgan fingerprint density at radius 2 is 1.47 bits per heavy atom. The molecule has 32 heavy (non-hydrogen) atoms. The molecule has 2 amide bonds. The minimum Gasteiger partial charge on any atom is -0.491 e. The van der Waals surface area contributed by atoms with Gasteiger partial charge in [-0.25, -0.2) is 4.90 Å². The van der Waals surface area contributed by atoms with Crippen LogP contribution >= 0.6 is 0 Å². The van der Waals surface area contributed by atoms with E-state index in [2.05, 4.69) is 5.32 Å². The third-order valence-electron chi connectivity index (χ3n) is 5.28. The molecule has 3 aromatic rings. The highest BCUT2D eigenvalue weighted by atomic mass is 16.5. The number of para-hydroxylation sites is 1. The van der Waals surface area contributed by atoms with Crippen LogP contribution in [0.3, 0.4) is 0 Å². The number of nitrogens with one attached hydrogen (secondary N) is 1. The lowest BCUT2D eigenvalue weighted by molar-refractivity contribution is -0.120. The second kappa shape index (κ2) is 8.71. The molecule has 0 radical (unpaired) electrons. The van der Waals surface area contributed by atoms with Gasteiger partial charge in [-0.15, -0.1) is 0 Å². The quantitative estimate of drug-likeness (QED) is 0.530. The number of nitrogens with zero attached hydrogens (tertiary/aromatic N) is 1. The van der Waals surface area contributed by atoms with Crippen LogP contribution in [-0.2, 0) is 9.59 Å². The molecule has 5 heteroatoms. The Bertz CT molecular complexity index is 1190. The average Bonchev–Trinajstić information content (AvgIpc) is 3.00. The fourth-order valence-corrected chi connectivity index (χ4v) is 3.70. The summed E-state index contributed by atoms with van der Waals surface area (Å²) in [5.74, 6) is 0.0337. The molecule has 0 fully saturated rings. The van der Waals surface area contributed by atoms with Crippen molar-refractivity contribution in [3.05, 3.63) is 95.2 Å². The van der Waals surface area contributed by atoms with Gasteiger partial charge in [-0.2, -0.15) is 0 Å². The zero-order valence-electron chi connectivity index (χ0n) is 18.7. The van der Waals surface area contributed by atoms with Crippen LogP contribution in [-0.4, -0.2) is 17.9 Å². The number of aryl methyl sites for hydroxylation is 2. The van der Waals surface area contributed by atoms with E-state index in [-0.39, 0.29) is 23.6 Å². The molecule has 0 atom stereocenters. The van der Waals surface area contributed by atoms with Gasteiger partial charge in [-0.05, 0) is 69.2 Å². The van der Waals surface area contributed by atoms with Crippen LogP contribution in [0.1, 0.15) is 30.5 Å². The Balaban J connectivity index is 1.75. The highest BCUT2D eigenvalue weighted by Crippen LogP contribution is 2.35. The molecule has 0 saturated carbocycles. The molecule has 1 N–H and O–H groups in total. The number of carbonyl (C=O) groups excluding carboxylic acids is 2. The van der Waals surface area contributed by atoms with E-state index in [9.17, 15) is 9.59 Å². The molecule has 1 heterocycles. The van der Waals surface area contributed by atoms with E-state index in [1.165, 1.54) is 4.90 Å². The number of hydrogen-bond donors (Lipinski definition) is 1. The fourth-order valence-electron chi connectivity index (χ4n) is 3.70. The highest BCUT2D eigenvalue weighted by molar-refractivity contribution is 6.46. The number of rotatable bonds is 6. The SMILES string of the molecule is Cc1ccc(C2=C(Nc3ccc(OC(C)C)cc3)C(=O)N(c3ccccc3C)C2=O)cc1. The summed E-state index contributed by atoms with van der Waals surface area (Å²) in [7, 11) is 0. The molecule has 3 aromatic carbocycles. The molecule has 0 bridgehead atoms. The van der Waals surface area contributed by atoms with Crippen molar-refractivity contribution >= 4 is 28.8 Å². The predicted octanol–water partition coefficient (Wildman–Crippen LogP) is 5.49. The van der Waals surface area contributed by atoms with Crippen molar-refractivity contribution in [3.63, 3.8) is 0 Å². The van der Waals surface area contributed by atoms with Crippen LogP contribution in [0.15, 0.2) is 78.5 Å². The lowest BCUT2D eigenvalue weighted by atomic mass is 10.0. The van der Waals surface area contributed by atoms with Crippen molar-refractivity contribution in [1.29, 1.82) is 0 Å². The molecule has 0 aromatic heterocycles. The summed E-state index contributed by atoms with van der Waals surface area (Å²) in [6.45, 7) is 7.81. The van der Waals surface area contributed by atoms with Gasteiger partial charge in [0.2, 0.25) is 0 Å². The minimum atomic E-state index is -0.373. The van der Waals surface area contributed by atoms with Gasteiger partial charge in [-0.3, -0.25) is 9.59 Å². The van der Waals surface area contributed by atoms with E-state index in [1.54, 1.807) is 6.07 Å². The number of imide groups is 1. The summed E-state index contributed by atoms with van der Waals surface area (Å²) in [5, 5.41) is 3.20. The second-order valence-electron chi connectivity index (χ2n) is 8.16. The average molecular weight is 427 g/mol. The highest BCUT2D eigenvalue weighted by Gasteiger charge is 2.40. The third kappa shape index (κ3) is 4.14. The smallest absolute Gasteiger partial charge is 0.282 e. The summed E-state index contributed by atoms with van der Waals surface area (Å²) in [4.78, 5) is 28.3. The normalized spacial score (nSPS) is 13.8. The Labute approximate surface area is 188 Å². The zero-order valence-corrected chi connectivity index (χ0v) is 18.7. The predicted molar refractivity (Wildman–Crippen MR) is 128 cm³/mol. The van der Waals surface area contributed by atoms with Gasteiger partial charge in [0, 0.05) is 5.69 Å². The maximum Gasteiger partial charge on any atom is 0.282 e. The Morgan fingerprint density at radius 3 is 2.09 bits per heavy atom. The molecule has 0 unspecified atom stereocenters. The maximum absolute atomic E-state index is 13.5. The summed E-state index contributed by atoms with van der Waals surface area (Å²) in [5.41, 5.74) is 4.55. The van der Waals surface area contributed by atoms with Crippen molar-refractivity contribution in [2.24, 2.45) is 0 Å². The standard InChI is InChI=1S/C27H26N2O3/c1-17(2)32-22-15-13-21(14-16-22)28-25-24(20-11-9-18(3)10-12-20)26(30)29(27(25)31)23-8-6-5-7-19(23)4/h5-17,28H,1-4H3. The van der Waals surface area contributed by atoms with E-state index in [0.717, 1.165) is 16.9 Å². The van der Waals surface area contributed by atoms with E-state index < -0.39 is 0 Å². The second-order valence-corrected chi connectivity index (χ2v) is 8.16. The molecule has 162 valence electrons. The molecule has 1 aliphatic rings. The van der Waals surface area contributed by atoms with Gasteiger partial charge in [0.1, 0.15) is 11.4 Å². The van der Waals surface area contributed by atoms with Crippen molar-refractivity contribution in [2.75, 3.05) is 10.2 Å². The summed E-state index contributed by atoms with van der Waals surface area (Å²) in [6.07, 6.45) is 0.0707. The van der Waals surface area contributed by atoms with Crippen molar-refractivity contribution in [3.8, 4) is 5.75 Å². The Kier molecular flexibility index (Phi) is 5.82. The van der Waals surface area contributed by atoms with Crippen LogP contribution < -0.4 is 15.0 Å². The van der Waals surface area contributed by atoms with Gasteiger partial charge >= 0.3 is 0 Å². The summed E-state index contributed by atoms with van der Waals surface area (Å²) in [6, 6.07) is 22.4. The monoisotopic (exact) mass is 426 g/mol. The molecule has 0 spiro atoms. The first-order valence-electron chi connectivity index (χ1n) is 10.6. The van der Waals surface area contributed by atoms with Gasteiger partial charge in [-0.1, -0.05) is 48.0 Å². The van der Waals surface area contributed by atoms with Gasteiger partial charge in [0.25, 0.3) is 11.8 Å². The molecule has 1 aliphatic heterocycles. The Morgan fingerprint density at radius 1 is 0.812 bits per heavy atom. The Hall–Kier alpha value is -3.86. The van der Waals surface area contributed by atoms with E-state index in [1.807, 2.05) is 94.4 Å². The van der Waals surface area contributed by atoms with Gasteiger partial charge < -0.3 is 10.1 Å². The molecule has 0 aliphatic carbocycles. The van der Waals surface area contributed by atoms with Gasteiger partial charge in [0.15, 0.2) is 0 Å². The van der Waals surface area contributed by atoms with Crippen molar-refractivity contribution < 1.29 is 14.3 Å². The molecule has 5 nitrogen and oxygen atoms in total. The van der Waals surface area contributed by atoms with Gasteiger partial charge in [0.05, 0.1) is 17.4 Å². The van der Waals surface area contributed by atoms with Crippen molar-refractivity contribution in [2.45, 2.75) is 33.8 Å². The summed E-state index contributed by atoms with van der Waals surface area (Å²) < 4.78 is 5.70. The number of carbonyl (C=O) groups is 2. The minimum absolute atomic E-state index is 0.0707. The zero-order chi connectivity index (χ0) is 22.8. The third-order valence-corrected chi connectivity index (χ3v) is 5.28. The first kappa shape index (κ1) is 21.4. The van der Waals surface area contributed by atoms with Crippen LogP contribution in [0, 0.1) is 13.8 Å².